The summed E-state index contributed by atoms with van der Waals surface area (Å²) >= 11 is 0. The highest BCUT2D eigenvalue weighted by Crippen LogP contribution is 2.23. The van der Waals surface area contributed by atoms with Crippen LogP contribution in [-0.2, 0) is 17.6 Å². The van der Waals surface area contributed by atoms with E-state index in [-0.39, 0.29) is 13.1 Å². The number of amides is 2. The van der Waals surface area contributed by atoms with Crippen molar-refractivity contribution in [2.75, 3.05) is 19.6 Å². The first-order chi connectivity index (χ1) is 18.8. The number of rotatable bonds is 13. The molecule has 1 saturated heterocycles. The molecule has 0 radical (unpaired) electrons. The van der Waals surface area contributed by atoms with Crippen molar-refractivity contribution in [3.8, 4) is 0 Å². The number of hydrazine groups is 1. The standard InChI is InChI=1S/C30H44N4O6/c1-29(2,3)34(27(37)38)24(17-22-14-10-7-11-15-22)26(36)19-31-18-25(35)23(16-21-12-8-6-9-13-21)32-33-20-30(4,5)40-28(33)39/h6-15,23-26,31-32,35-36H,16-20H2,1-5H3,(H,37,38)/p-1/t23-,24-,25+,26+/m0/s1. The molecule has 0 aliphatic carbocycles. The summed E-state index contributed by atoms with van der Waals surface area (Å²) in [6.45, 7) is 9.36. The van der Waals surface area contributed by atoms with Gasteiger partial charge in [0.2, 0.25) is 0 Å². The van der Waals surface area contributed by atoms with Crippen LogP contribution < -0.4 is 15.8 Å². The third-order valence-electron chi connectivity index (χ3n) is 6.90. The Morgan fingerprint density at radius 1 is 1.00 bits per heavy atom. The molecule has 10 heteroatoms. The maximum absolute atomic E-state index is 12.4. The van der Waals surface area contributed by atoms with Crippen molar-refractivity contribution in [1.29, 1.82) is 0 Å². The van der Waals surface area contributed by atoms with Crippen LogP contribution >= 0.6 is 0 Å². The summed E-state index contributed by atoms with van der Waals surface area (Å²) in [6, 6.07) is 17.7. The number of benzene rings is 2. The minimum absolute atomic E-state index is 0.0330. The molecular weight excluding hydrogens is 512 g/mol. The topological polar surface area (TPSA) is 137 Å². The molecule has 220 valence electrons. The molecule has 3 rings (SSSR count). The van der Waals surface area contributed by atoms with Crippen LogP contribution in [0, 0.1) is 0 Å². The summed E-state index contributed by atoms with van der Waals surface area (Å²) in [4.78, 5) is 25.7. The maximum atomic E-state index is 12.4. The van der Waals surface area contributed by atoms with Crippen LogP contribution in [0.1, 0.15) is 45.7 Å². The first-order valence-electron chi connectivity index (χ1n) is 13.7. The van der Waals surface area contributed by atoms with Gasteiger partial charge in [-0.3, -0.25) is 0 Å². The van der Waals surface area contributed by atoms with Gasteiger partial charge in [0.05, 0.1) is 30.8 Å². The van der Waals surface area contributed by atoms with Gasteiger partial charge in [0.15, 0.2) is 0 Å². The van der Waals surface area contributed by atoms with Crippen molar-refractivity contribution in [3.63, 3.8) is 0 Å². The number of nitrogens with zero attached hydrogens (tertiary/aromatic N) is 2. The Hall–Kier alpha value is -3.18. The van der Waals surface area contributed by atoms with Crippen molar-refractivity contribution < 1.29 is 29.6 Å². The summed E-state index contributed by atoms with van der Waals surface area (Å²) in [6.07, 6.45) is -3.17. The van der Waals surface area contributed by atoms with Crippen LogP contribution in [0.4, 0.5) is 9.59 Å². The van der Waals surface area contributed by atoms with E-state index in [0.29, 0.717) is 19.4 Å². The van der Waals surface area contributed by atoms with Gasteiger partial charge in [0.25, 0.3) is 0 Å². The number of carbonyl (C=O) groups excluding carboxylic acids is 2. The largest absolute Gasteiger partial charge is 0.530 e. The van der Waals surface area contributed by atoms with Gasteiger partial charge in [0.1, 0.15) is 11.7 Å². The van der Waals surface area contributed by atoms with Crippen molar-refractivity contribution in [2.45, 2.75) is 82.9 Å². The molecule has 1 aliphatic heterocycles. The fraction of sp³-hybridized carbons (Fsp3) is 0.533. The molecular formula is C30H43N4O6-. The summed E-state index contributed by atoms with van der Waals surface area (Å²) in [5.41, 5.74) is 3.53. The van der Waals surface area contributed by atoms with E-state index in [1.54, 1.807) is 20.8 Å². The van der Waals surface area contributed by atoms with Gasteiger partial charge in [-0.2, -0.15) is 0 Å². The number of hydrogen-bond acceptors (Lipinski definition) is 8. The van der Waals surface area contributed by atoms with E-state index >= 15 is 0 Å². The number of nitrogens with one attached hydrogen (secondary N) is 2. The predicted molar refractivity (Wildman–Crippen MR) is 150 cm³/mol. The van der Waals surface area contributed by atoms with Crippen molar-refractivity contribution >= 4 is 12.2 Å². The van der Waals surface area contributed by atoms with Gasteiger partial charge in [-0.15, -0.1) is 0 Å². The van der Waals surface area contributed by atoms with E-state index in [1.807, 2.05) is 74.5 Å². The van der Waals surface area contributed by atoms with Gasteiger partial charge in [0, 0.05) is 18.6 Å². The molecule has 2 aromatic carbocycles. The highest BCUT2D eigenvalue weighted by Gasteiger charge is 2.39. The van der Waals surface area contributed by atoms with Crippen LogP contribution in [0.2, 0.25) is 0 Å². The minimum atomic E-state index is -1.36. The smallest absolute Gasteiger partial charge is 0.425 e. The van der Waals surface area contributed by atoms with Crippen molar-refractivity contribution in [3.05, 3.63) is 71.8 Å². The van der Waals surface area contributed by atoms with E-state index in [2.05, 4.69) is 10.7 Å². The molecule has 4 atom stereocenters. The average Bonchev–Trinajstić information content (AvgIpc) is 3.13. The number of carbonyl (C=O) groups is 2. The van der Waals surface area contributed by atoms with Gasteiger partial charge in [-0.05, 0) is 58.6 Å². The Labute approximate surface area is 236 Å². The zero-order valence-electron chi connectivity index (χ0n) is 24.0. The third-order valence-corrected chi connectivity index (χ3v) is 6.90. The molecule has 1 heterocycles. The highest BCUT2D eigenvalue weighted by atomic mass is 16.6. The molecule has 1 fully saturated rings. The number of ether oxygens (including phenoxy) is 1. The fourth-order valence-electron chi connectivity index (χ4n) is 5.02. The van der Waals surface area contributed by atoms with Gasteiger partial charge in [-0.1, -0.05) is 60.7 Å². The fourth-order valence-corrected chi connectivity index (χ4v) is 5.02. The summed E-state index contributed by atoms with van der Waals surface area (Å²) in [5, 5.41) is 39.0. The SMILES string of the molecule is CC1(C)CN(N[C@@H](Cc2ccccc2)[C@H](O)CNC[C@@H](O)[C@H](Cc2ccccc2)N(C(=O)[O-])C(C)(C)C)C(=O)O1. The van der Waals surface area contributed by atoms with E-state index in [4.69, 9.17) is 4.74 Å². The van der Waals surface area contributed by atoms with Crippen LogP contribution in [0.5, 0.6) is 0 Å². The molecule has 0 aromatic heterocycles. The number of cyclic esters (lactones) is 1. The Kier molecular flexibility index (Phi) is 10.5. The summed E-state index contributed by atoms with van der Waals surface area (Å²) < 4.78 is 5.39. The van der Waals surface area contributed by atoms with Gasteiger partial charge >= 0.3 is 6.09 Å². The normalized spacial score (nSPS) is 18.1. The first-order valence-corrected chi connectivity index (χ1v) is 13.7. The predicted octanol–water partition coefficient (Wildman–Crippen LogP) is 1.70. The quantitative estimate of drug-likeness (QED) is 0.293. The van der Waals surface area contributed by atoms with E-state index in [0.717, 1.165) is 11.1 Å². The van der Waals surface area contributed by atoms with Crippen LogP contribution in [0.15, 0.2) is 60.7 Å². The molecule has 10 nitrogen and oxygen atoms in total. The second kappa shape index (κ2) is 13.5. The number of aliphatic hydroxyl groups is 2. The van der Waals surface area contributed by atoms with E-state index in [1.165, 1.54) is 9.91 Å². The minimum Gasteiger partial charge on any atom is -0.530 e. The number of carboxylic acid groups (broad SMARTS) is 1. The lowest BCUT2D eigenvalue weighted by Gasteiger charge is -2.45. The molecule has 1 aliphatic rings. The van der Waals surface area contributed by atoms with Gasteiger partial charge < -0.3 is 35.1 Å². The van der Waals surface area contributed by atoms with Gasteiger partial charge in [-0.25, -0.2) is 15.2 Å². The maximum Gasteiger partial charge on any atom is 0.425 e. The molecule has 0 spiro atoms. The third kappa shape index (κ3) is 8.92. The van der Waals surface area contributed by atoms with Crippen molar-refractivity contribution in [1.82, 2.24) is 20.7 Å². The molecule has 2 amide bonds. The Morgan fingerprint density at radius 3 is 2.00 bits per heavy atom. The van der Waals surface area contributed by atoms with E-state index in [9.17, 15) is 24.9 Å². The monoisotopic (exact) mass is 555 g/mol. The zero-order valence-corrected chi connectivity index (χ0v) is 24.0. The summed E-state index contributed by atoms with van der Waals surface area (Å²) in [5.74, 6) is 0. The Morgan fingerprint density at radius 2 is 1.52 bits per heavy atom. The van der Waals surface area contributed by atoms with Crippen LogP contribution in [0.25, 0.3) is 0 Å². The van der Waals surface area contributed by atoms with Crippen molar-refractivity contribution in [2.24, 2.45) is 0 Å². The van der Waals surface area contributed by atoms with Crippen LogP contribution in [0.3, 0.4) is 0 Å². The lowest BCUT2D eigenvalue weighted by atomic mass is 9.94. The highest BCUT2D eigenvalue weighted by molar-refractivity contribution is 5.70. The van der Waals surface area contributed by atoms with E-state index < -0.39 is 47.6 Å². The summed E-state index contributed by atoms with van der Waals surface area (Å²) in [7, 11) is 0. The second-order valence-electron chi connectivity index (χ2n) is 12.0. The molecule has 4 N–H and O–H groups in total. The molecule has 2 aromatic rings. The molecule has 0 bridgehead atoms. The first kappa shape index (κ1) is 31.3. The zero-order chi connectivity index (χ0) is 29.5. The molecule has 40 heavy (non-hydrogen) atoms. The molecule has 0 saturated carbocycles. The van der Waals surface area contributed by atoms with Crippen LogP contribution in [-0.4, -0.2) is 87.4 Å². The molecule has 0 unspecified atom stereocenters. The second-order valence-corrected chi connectivity index (χ2v) is 12.0. The number of hydrogen-bond donors (Lipinski definition) is 4. The lowest BCUT2D eigenvalue weighted by Crippen LogP contribution is -2.62. The Balaban J connectivity index is 1.70. The lowest BCUT2D eigenvalue weighted by molar-refractivity contribution is -0.275. The Bertz CT molecular complexity index is 1090. The average molecular weight is 556 g/mol. The number of aliphatic hydroxyl groups excluding tert-OH is 2.